The summed E-state index contributed by atoms with van der Waals surface area (Å²) in [6.07, 6.45) is -1.71. The van der Waals surface area contributed by atoms with Crippen molar-refractivity contribution in [3.63, 3.8) is 0 Å². The highest BCUT2D eigenvalue weighted by Gasteiger charge is 2.45. The fourth-order valence-corrected chi connectivity index (χ4v) is 7.29. The van der Waals surface area contributed by atoms with Gasteiger partial charge in [0.2, 0.25) is 23.6 Å². The molecule has 0 aliphatic carbocycles. The van der Waals surface area contributed by atoms with E-state index in [0.717, 1.165) is 12.1 Å². The summed E-state index contributed by atoms with van der Waals surface area (Å²) in [4.78, 5) is 57.6. The van der Waals surface area contributed by atoms with E-state index in [1.165, 1.54) is 25.2 Å². The molecule has 0 saturated carbocycles. The Morgan fingerprint density at radius 2 is 1.58 bits per heavy atom. The predicted octanol–water partition coefficient (Wildman–Crippen LogP) is 2.90. The maximum atomic E-state index is 14.1. The van der Waals surface area contributed by atoms with Gasteiger partial charge in [-0.25, -0.2) is 8.78 Å². The first kappa shape index (κ1) is 45.0. The summed E-state index contributed by atoms with van der Waals surface area (Å²) < 4.78 is 39.9. The summed E-state index contributed by atoms with van der Waals surface area (Å²) in [6.45, 7) is 13.2. The molecule has 52 heavy (non-hydrogen) atoms. The van der Waals surface area contributed by atoms with Crippen LogP contribution in [0.25, 0.3) is 0 Å². The zero-order valence-corrected chi connectivity index (χ0v) is 32.9. The van der Waals surface area contributed by atoms with Gasteiger partial charge in [-0.15, -0.1) is 0 Å². The number of carbonyl (C=O) groups is 4. The van der Waals surface area contributed by atoms with E-state index in [4.69, 9.17) is 9.47 Å². The Morgan fingerprint density at radius 1 is 0.981 bits per heavy atom. The van der Waals surface area contributed by atoms with Crippen molar-refractivity contribution in [2.24, 2.45) is 23.7 Å². The molecule has 1 heterocycles. The van der Waals surface area contributed by atoms with Crippen molar-refractivity contribution in [3.8, 4) is 0 Å². The average molecular weight is 740 g/mol. The number of aliphatic hydroxyl groups excluding tert-OH is 1. The number of β-amino-alcohol motifs (C(OH)–C–C–N with tert-alkyl or cyclic N) is 1. The zero-order chi connectivity index (χ0) is 39.4. The number of carbonyl (C=O) groups excluding carboxylic acids is 4. The van der Waals surface area contributed by atoms with Crippen LogP contribution in [0.1, 0.15) is 73.3 Å². The van der Waals surface area contributed by atoms with Gasteiger partial charge in [-0.2, -0.15) is 0 Å². The number of methoxy groups -OCH3 is 2. The van der Waals surface area contributed by atoms with Crippen molar-refractivity contribution in [2.75, 3.05) is 41.4 Å². The highest BCUT2D eigenvalue weighted by molar-refractivity contribution is 5.90. The zero-order valence-electron chi connectivity index (χ0n) is 32.9. The van der Waals surface area contributed by atoms with E-state index in [9.17, 15) is 33.1 Å². The second-order valence-corrected chi connectivity index (χ2v) is 14.8. The molecule has 4 N–H and O–H groups in total. The Balaban J connectivity index is 2.25. The molecular weight excluding hydrogens is 676 g/mol. The molecule has 1 saturated heterocycles. The quantitative estimate of drug-likeness (QED) is 0.160. The monoisotopic (exact) mass is 739 g/mol. The number of rotatable bonds is 20. The molecule has 1 aliphatic heterocycles. The minimum atomic E-state index is -0.857. The summed E-state index contributed by atoms with van der Waals surface area (Å²) in [5, 5.41) is 19.4. The maximum Gasteiger partial charge on any atom is 0.245 e. The van der Waals surface area contributed by atoms with Crippen LogP contribution in [0.15, 0.2) is 18.2 Å². The van der Waals surface area contributed by atoms with Gasteiger partial charge >= 0.3 is 0 Å². The largest absolute Gasteiger partial charge is 0.391 e. The van der Waals surface area contributed by atoms with Crippen molar-refractivity contribution < 1.29 is 42.5 Å². The van der Waals surface area contributed by atoms with Crippen LogP contribution in [0.4, 0.5) is 8.78 Å². The first-order chi connectivity index (χ1) is 24.4. The normalized spacial score (nSPS) is 20.2. The lowest BCUT2D eigenvalue weighted by atomic mass is 9.89. The van der Waals surface area contributed by atoms with Gasteiger partial charge in [0, 0.05) is 39.9 Å². The van der Waals surface area contributed by atoms with Crippen LogP contribution < -0.4 is 16.0 Å². The first-order valence-electron chi connectivity index (χ1n) is 18.4. The minimum Gasteiger partial charge on any atom is -0.391 e. The molecule has 0 radical (unpaired) electrons. The number of nitrogens with one attached hydrogen (secondary N) is 3. The molecule has 9 atom stereocenters. The molecule has 1 aliphatic rings. The van der Waals surface area contributed by atoms with Gasteiger partial charge in [-0.05, 0) is 49.8 Å². The smallest absolute Gasteiger partial charge is 0.245 e. The second-order valence-electron chi connectivity index (χ2n) is 14.8. The molecule has 2 rings (SSSR count). The van der Waals surface area contributed by atoms with Crippen molar-refractivity contribution in [1.29, 1.82) is 0 Å². The molecule has 0 aromatic heterocycles. The van der Waals surface area contributed by atoms with E-state index in [0.29, 0.717) is 6.42 Å². The van der Waals surface area contributed by atoms with Crippen LogP contribution >= 0.6 is 0 Å². The third kappa shape index (κ3) is 11.4. The number of nitrogens with zero attached hydrogens (tertiary/aromatic N) is 2. The van der Waals surface area contributed by atoms with Gasteiger partial charge in [0.15, 0.2) is 0 Å². The molecule has 0 bridgehead atoms. The van der Waals surface area contributed by atoms with Crippen molar-refractivity contribution in [2.45, 2.75) is 117 Å². The van der Waals surface area contributed by atoms with Gasteiger partial charge < -0.3 is 40.3 Å². The van der Waals surface area contributed by atoms with Gasteiger partial charge in [-0.3, -0.25) is 19.2 Å². The summed E-state index contributed by atoms with van der Waals surface area (Å²) in [7, 11) is 6.29. The SMILES string of the molecule is CC[C@H](C)[C@@H]([C@@H](CC(=O)N1C[C@@H](O)C[C@H]1[C@H](OC)[C@@H](C)C(=O)NCCc1c(F)cccc1F)OC)N(C)C(=O)[C@@H](NC(=O)[C@@H](NC)C(C)C)C(C)C. The van der Waals surface area contributed by atoms with E-state index in [2.05, 4.69) is 16.0 Å². The standard InChI is InChI=1S/C38H63F2N5O7/c1-12-23(6)34(44(9)38(50)33(22(4)5)43-37(49)32(41-8)21(2)3)30(51-10)19-31(47)45-20-25(46)18-29(45)35(52-11)24(7)36(48)42-17-16-26-27(39)14-13-15-28(26)40/h13-15,21-25,29-30,32-35,41,46H,12,16-20H2,1-11H3,(H,42,48)(H,43,49)/t23-,24+,25-,29-,30+,32-,33-,34-,35+/m0/s1. The molecule has 1 fully saturated rings. The number of likely N-dealkylation sites (tertiary alicyclic amines) is 1. The summed E-state index contributed by atoms with van der Waals surface area (Å²) in [6, 6.07) is 1.10. The van der Waals surface area contributed by atoms with Crippen LogP contribution in [0.5, 0.6) is 0 Å². The molecule has 1 aromatic rings. The number of aliphatic hydroxyl groups is 1. The van der Waals surface area contributed by atoms with E-state index < -0.39 is 65.9 Å². The molecule has 14 heteroatoms. The van der Waals surface area contributed by atoms with Gasteiger partial charge in [-0.1, -0.05) is 61.0 Å². The van der Waals surface area contributed by atoms with Crippen LogP contribution in [-0.2, 0) is 35.1 Å². The van der Waals surface area contributed by atoms with Crippen molar-refractivity contribution in [3.05, 3.63) is 35.4 Å². The molecule has 0 spiro atoms. The lowest BCUT2D eigenvalue weighted by molar-refractivity contribution is -0.147. The van der Waals surface area contributed by atoms with Crippen molar-refractivity contribution >= 4 is 23.6 Å². The third-order valence-electron chi connectivity index (χ3n) is 10.5. The lowest BCUT2D eigenvalue weighted by Crippen LogP contribution is -2.59. The van der Waals surface area contributed by atoms with Crippen LogP contribution in [0, 0.1) is 35.3 Å². The molecule has 4 amide bonds. The summed E-state index contributed by atoms with van der Waals surface area (Å²) >= 11 is 0. The molecule has 1 aromatic carbocycles. The highest BCUT2D eigenvalue weighted by Crippen LogP contribution is 2.30. The Morgan fingerprint density at radius 3 is 2.08 bits per heavy atom. The fourth-order valence-electron chi connectivity index (χ4n) is 7.29. The fraction of sp³-hybridized carbons (Fsp3) is 0.737. The van der Waals surface area contributed by atoms with Gasteiger partial charge in [0.05, 0.1) is 48.8 Å². The average Bonchev–Trinajstić information content (AvgIpc) is 3.48. The van der Waals surface area contributed by atoms with Gasteiger partial charge in [0.1, 0.15) is 17.7 Å². The molecule has 296 valence electrons. The number of hydrogen-bond acceptors (Lipinski definition) is 8. The Hall–Kier alpha value is -3.20. The van der Waals surface area contributed by atoms with Crippen LogP contribution in [0.2, 0.25) is 0 Å². The molecule has 0 unspecified atom stereocenters. The number of halogens is 2. The van der Waals surface area contributed by atoms with E-state index in [1.54, 1.807) is 25.9 Å². The number of benzene rings is 1. The van der Waals surface area contributed by atoms with E-state index in [1.807, 2.05) is 41.5 Å². The van der Waals surface area contributed by atoms with E-state index in [-0.39, 0.29) is 73.4 Å². The first-order valence-corrected chi connectivity index (χ1v) is 18.4. The molecular formula is C38H63F2N5O7. The summed E-state index contributed by atoms with van der Waals surface area (Å²) in [5.74, 6) is -3.81. The van der Waals surface area contributed by atoms with Crippen molar-refractivity contribution in [1.82, 2.24) is 25.8 Å². The topological polar surface area (TPSA) is 150 Å². The van der Waals surface area contributed by atoms with Gasteiger partial charge in [0.25, 0.3) is 0 Å². The highest BCUT2D eigenvalue weighted by atomic mass is 19.1. The Bertz CT molecular complexity index is 1310. The predicted molar refractivity (Wildman–Crippen MR) is 195 cm³/mol. The number of hydrogen-bond donors (Lipinski definition) is 4. The Labute approximate surface area is 308 Å². The Kier molecular flexibility index (Phi) is 18.1. The molecule has 12 nitrogen and oxygen atoms in total. The van der Waals surface area contributed by atoms with Crippen LogP contribution in [0.3, 0.4) is 0 Å². The number of amides is 4. The lowest BCUT2D eigenvalue weighted by Gasteiger charge is -2.41. The number of ether oxygens (including phenoxy) is 2. The maximum absolute atomic E-state index is 14.1. The second kappa shape index (κ2) is 20.9. The van der Waals surface area contributed by atoms with E-state index >= 15 is 0 Å². The summed E-state index contributed by atoms with van der Waals surface area (Å²) in [5.41, 5.74) is -0.122. The minimum absolute atomic E-state index is 0.00178. The number of likely N-dealkylation sites (N-methyl/N-ethyl adjacent to an activating group) is 2. The third-order valence-corrected chi connectivity index (χ3v) is 10.5. The van der Waals surface area contributed by atoms with Crippen LogP contribution in [-0.4, -0.2) is 122 Å².